The second-order valence-corrected chi connectivity index (χ2v) is 7.82. The van der Waals surface area contributed by atoms with E-state index in [1.165, 1.54) is 0 Å². The number of amides is 2. The van der Waals surface area contributed by atoms with E-state index in [1.807, 2.05) is 4.98 Å². The van der Waals surface area contributed by atoms with Gasteiger partial charge >= 0.3 is 5.69 Å². The highest BCUT2D eigenvalue weighted by molar-refractivity contribution is 6.04. The van der Waals surface area contributed by atoms with Crippen molar-refractivity contribution in [3.8, 4) is 5.88 Å². The van der Waals surface area contributed by atoms with Gasteiger partial charge in [0.25, 0.3) is 5.56 Å². The first-order valence-electron chi connectivity index (χ1n) is 10.4. The van der Waals surface area contributed by atoms with Crippen molar-refractivity contribution in [2.45, 2.75) is 37.4 Å². The molecule has 13 nitrogen and oxygen atoms in total. The van der Waals surface area contributed by atoms with Crippen LogP contribution in [0.15, 0.2) is 46.2 Å². The molecular weight excluding hydrogens is 450 g/mol. The van der Waals surface area contributed by atoms with E-state index in [4.69, 9.17) is 4.74 Å². The van der Waals surface area contributed by atoms with E-state index in [9.17, 15) is 34.5 Å². The summed E-state index contributed by atoms with van der Waals surface area (Å²) in [7, 11) is 0. The Labute approximate surface area is 191 Å². The molecule has 0 spiro atoms. The first-order valence-corrected chi connectivity index (χ1v) is 10.4. The predicted octanol–water partition coefficient (Wildman–Crippen LogP) is -1.12. The van der Waals surface area contributed by atoms with Crippen molar-refractivity contribution in [1.29, 1.82) is 0 Å². The molecule has 4 rings (SSSR count). The van der Waals surface area contributed by atoms with Gasteiger partial charge in [0.05, 0.1) is 5.69 Å². The van der Waals surface area contributed by atoms with E-state index in [0.717, 1.165) is 16.8 Å². The van der Waals surface area contributed by atoms with Crippen LogP contribution < -0.4 is 21.9 Å². The minimum absolute atomic E-state index is 0.0143. The zero-order chi connectivity index (χ0) is 24.4. The van der Waals surface area contributed by atoms with Crippen molar-refractivity contribution >= 4 is 28.3 Å². The number of hydrogen-bond donors (Lipinski definition) is 7. The van der Waals surface area contributed by atoms with E-state index >= 15 is 0 Å². The monoisotopic (exact) mass is 473 g/mol. The molecule has 1 fully saturated rings. The average Bonchev–Trinajstić information content (AvgIpc) is 3.32. The zero-order valence-corrected chi connectivity index (χ0v) is 17.7. The van der Waals surface area contributed by atoms with Crippen LogP contribution in [0.5, 0.6) is 5.88 Å². The van der Waals surface area contributed by atoms with Crippen molar-refractivity contribution in [3.63, 3.8) is 0 Å². The largest absolute Gasteiger partial charge is 0.494 e. The molecule has 34 heavy (non-hydrogen) atoms. The van der Waals surface area contributed by atoms with E-state index in [1.54, 1.807) is 24.4 Å². The second kappa shape index (κ2) is 9.51. The third-order valence-corrected chi connectivity index (χ3v) is 5.53. The van der Waals surface area contributed by atoms with E-state index in [2.05, 4.69) is 15.6 Å². The van der Waals surface area contributed by atoms with Crippen molar-refractivity contribution in [2.24, 2.45) is 0 Å². The molecule has 3 aromatic rings. The summed E-state index contributed by atoms with van der Waals surface area (Å²) >= 11 is 0. The first-order chi connectivity index (χ1) is 16.2. The lowest BCUT2D eigenvalue weighted by atomic mass is 10.1. The molecule has 0 radical (unpaired) electrons. The number of anilines is 1. The van der Waals surface area contributed by atoms with Gasteiger partial charge in [-0.15, -0.1) is 0 Å². The Morgan fingerprint density at radius 3 is 2.59 bits per heavy atom. The quantitative estimate of drug-likeness (QED) is 0.224. The van der Waals surface area contributed by atoms with Gasteiger partial charge in [-0.2, -0.15) is 0 Å². The second-order valence-electron chi connectivity index (χ2n) is 7.82. The van der Waals surface area contributed by atoms with E-state index < -0.39 is 47.6 Å². The summed E-state index contributed by atoms with van der Waals surface area (Å²) in [6.07, 6.45) is -2.70. The van der Waals surface area contributed by atoms with Gasteiger partial charge in [0.15, 0.2) is 12.1 Å². The van der Waals surface area contributed by atoms with Crippen molar-refractivity contribution in [2.75, 3.05) is 11.9 Å². The molecule has 1 aromatic carbocycles. The number of hydrogen-bond acceptors (Lipinski definition) is 8. The first kappa shape index (κ1) is 23.2. The topological polar surface area (TPSA) is 199 Å². The molecule has 7 N–H and O–H groups in total. The lowest BCUT2D eigenvalue weighted by molar-refractivity contribution is -0.125. The fourth-order valence-corrected chi connectivity index (χ4v) is 3.75. The van der Waals surface area contributed by atoms with Crippen LogP contribution in [-0.4, -0.2) is 66.5 Å². The average molecular weight is 473 g/mol. The van der Waals surface area contributed by atoms with Crippen LogP contribution in [0.4, 0.5) is 5.69 Å². The molecule has 4 unspecified atom stereocenters. The van der Waals surface area contributed by atoms with Crippen molar-refractivity contribution in [1.82, 2.24) is 19.9 Å². The number of aromatic amines is 2. The van der Waals surface area contributed by atoms with Crippen LogP contribution >= 0.6 is 0 Å². The molecule has 13 heteroatoms. The van der Waals surface area contributed by atoms with Crippen LogP contribution in [-0.2, 0) is 14.3 Å². The number of rotatable bonds is 7. The number of H-pyrrole nitrogens is 2. The number of aliphatic hydroxyl groups is 2. The zero-order valence-electron chi connectivity index (χ0n) is 17.7. The van der Waals surface area contributed by atoms with Crippen LogP contribution in [0.3, 0.4) is 0 Å². The maximum atomic E-state index is 12.3. The predicted molar refractivity (Wildman–Crippen MR) is 118 cm³/mol. The number of aliphatic hydroxyl groups excluding tert-OH is 2. The maximum absolute atomic E-state index is 12.3. The van der Waals surface area contributed by atoms with Gasteiger partial charge in [-0.05, 0) is 12.1 Å². The Hall–Kier alpha value is -3.94. The Kier molecular flexibility index (Phi) is 6.49. The number of carbonyl (C=O) groups is 2. The summed E-state index contributed by atoms with van der Waals surface area (Å²) in [5.41, 5.74) is -0.950. The number of aromatic hydroxyl groups is 1. The maximum Gasteiger partial charge on any atom is 0.330 e. The smallest absolute Gasteiger partial charge is 0.330 e. The van der Waals surface area contributed by atoms with Crippen molar-refractivity contribution in [3.05, 3.63) is 57.5 Å². The highest BCUT2D eigenvalue weighted by Crippen LogP contribution is 2.30. The Balaban J connectivity index is 1.27. The molecule has 0 aliphatic carbocycles. The molecule has 4 atom stereocenters. The van der Waals surface area contributed by atoms with Crippen molar-refractivity contribution < 1.29 is 29.6 Å². The molecular formula is C21H23N5O8. The van der Waals surface area contributed by atoms with E-state index in [-0.39, 0.29) is 25.3 Å². The highest BCUT2D eigenvalue weighted by atomic mass is 16.6. The molecule has 2 amide bonds. The minimum Gasteiger partial charge on any atom is -0.494 e. The number of nitrogens with zero attached hydrogens (tertiary/aromatic N) is 1. The standard InChI is InChI=1S/C21H23N5O8/c27-14(4-5-15(28)24-12-3-1-2-10-11(12)8-23-19(10)32)22-9-13-17(30)18(31)20(34-13)26-7-6-16(29)25-21(26)33/h1-3,6-8,13,17-18,20,23,30-32H,4-5,9H2,(H,22,27)(H,24,28)(H,25,29,33). The third-order valence-electron chi connectivity index (χ3n) is 5.53. The summed E-state index contributed by atoms with van der Waals surface area (Å²) in [5.74, 6) is -0.907. The number of carbonyl (C=O) groups excluding carboxylic acids is 2. The minimum atomic E-state index is -1.47. The Morgan fingerprint density at radius 2 is 1.82 bits per heavy atom. The summed E-state index contributed by atoms with van der Waals surface area (Å²) in [4.78, 5) is 52.3. The van der Waals surface area contributed by atoms with Gasteiger partial charge in [0.2, 0.25) is 11.8 Å². The Morgan fingerprint density at radius 1 is 1.06 bits per heavy atom. The molecule has 0 saturated carbocycles. The molecule has 1 saturated heterocycles. The third kappa shape index (κ3) is 4.71. The van der Waals surface area contributed by atoms with Gasteiger partial charge in [0.1, 0.15) is 18.3 Å². The summed E-state index contributed by atoms with van der Waals surface area (Å²) in [6, 6.07) is 6.11. The SMILES string of the molecule is O=C(CCC(=O)Nc1cccc2c(O)[nH]cc12)NCC1OC(n2ccc(=O)[nH]c2=O)C(O)C1O. The Bertz CT molecular complexity index is 1330. The van der Waals surface area contributed by atoms with Gasteiger partial charge in [-0.25, -0.2) is 4.79 Å². The fourth-order valence-electron chi connectivity index (χ4n) is 3.75. The number of ether oxygens (including phenoxy) is 1. The van der Waals surface area contributed by atoms with Crippen LogP contribution in [0.1, 0.15) is 19.1 Å². The molecule has 0 bridgehead atoms. The van der Waals surface area contributed by atoms with Gasteiger partial charge < -0.3 is 35.7 Å². The van der Waals surface area contributed by atoms with Crippen LogP contribution in [0.2, 0.25) is 0 Å². The normalized spacial score (nSPS) is 22.1. The van der Waals surface area contributed by atoms with Crippen LogP contribution in [0.25, 0.3) is 10.8 Å². The lowest BCUT2D eigenvalue weighted by Gasteiger charge is -2.16. The number of fused-ring (bicyclic) bond motifs is 1. The molecule has 180 valence electrons. The van der Waals surface area contributed by atoms with Gasteiger partial charge in [-0.1, -0.05) is 6.07 Å². The number of nitrogens with one attached hydrogen (secondary N) is 4. The fraction of sp³-hybridized carbons (Fsp3) is 0.333. The van der Waals surface area contributed by atoms with E-state index in [0.29, 0.717) is 16.5 Å². The molecule has 3 heterocycles. The number of aromatic nitrogens is 3. The van der Waals surface area contributed by atoms with Crippen LogP contribution in [0, 0.1) is 0 Å². The van der Waals surface area contributed by atoms with Gasteiger partial charge in [0, 0.05) is 48.6 Å². The summed E-state index contributed by atoms with van der Waals surface area (Å²) in [5, 5.41) is 36.6. The molecule has 2 aromatic heterocycles. The molecule has 1 aliphatic heterocycles. The molecule has 1 aliphatic rings. The van der Waals surface area contributed by atoms with Gasteiger partial charge in [-0.3, -0.25) is 23.9 Å². The summed E-state index contributed by atoms with van der Waals surface area (Å²) in [6.45, 7) is -0.171. The highest BCUT2D eigenvalue weighted by Gasteiger charge is 2.44. The number of benzene rings is 1. The summed E-state index contributed by atoms with van der Waals surface area (Å²) < 4.78 is 6.45. The lowest BCUT2D eigenvalue weighted by Crippen LogP contribution is -2.40.